The number of esters is 1. The van der Waals surface area contributed by atoms with Gasteiger partial charge in [-0.15, -0.1) is 0 Å². The molecular weight excluding hydrogens is 376 g/mol. The molecule has 0 amide bonds. The summed E-state index contributed by atoms with van der Waals surface area (Å²) in [6.45, 7) is 0.923. The molecule has 0 aliphatic carbocycles. The number of benzene rings is 1. The molecule has 0 aliphatic rings. The average Bonchev–Trinajstić information content (AvgIpc) is 2.48. The van der Waals surface area contributed by atoms with E-state index in [1.807, 2.05) is 0 Å². The fourth-order valence-electron chi connectivity index (χ4n) is 1.73. The number of ether oxygens (including phenoxy) is 2. The maximum atomic E-state index is 13.6. The number of carbonyl (C=O) groups is 1. The molecule has 0 bridgehead atoms. The smallest absolute Gasteiger partial charge is 0.303 e. The maximum absolute atomic E-state index is 13.6. The summed E-state index contributed by atoms with van der Waals surface area (Å²) in [6.07, 6.45) is 0. The molecule has 2 aromatic rings. The molecule has 1 aromatic heterocycles. The van der Waals surface area contributed by atoms with Crippen molar-refractivity contribution < 1.29 is 23.0 Å². The molecule has 5 nitrogen and oxygen atoms in total. The molecule has 122 valence electrons. The van der Waals surface area contributed by atoms with Crippen LogP contribution in [0, 0.1) is 11.6 Å². The Labute approximate surface area is 138 Å². The lowest BCUT2D eigenvalue weighted by molar-refractivity contribution is -0.142. The summed E-state index contributed by atoms with van der Waals surface area (Å²) in [7, 11) is 0. The van der Waals surface area contributed by atoms with Crippen LogP contribution >= 0.6 is 15.9 Å². The monoisotopic (exact) mass is 387 g/mol. The van der Waals surface area contributed by atoms with Gasteiger partial charge in [0.15, 0.2) is 0 Å². The number of rotatable bonds is 5. The lowest BCUT2D eigenvalue weighted by atomic mass is 10.2. The van der Waals surface area contributed by atoms with Gasteiger partial charge < -0.3 is 14.5 Å². The second-order valence-electron chi connectivity index (χ2n) is 4.61. The third-order valence-corrected chi connectivity index (χ3v) is 3.58. The van der Waals surface area contributed by atoms with Crippen LogP contribution in [-0.2, 0) is 22.7 Å². The normalized spacial score (nSPS) is 10.4. The Morgan fingerprint density at radius 2 is 2.00 bits per heavy atom. The van der Waals surface area contributed by atoms with Crippen LogP contribution in [0.1, 0.15) is 18.2 Å². The van der Waals surface area contributed by atoms with Gasteiger partial charge in [0.25, 0.3) is 5.56 Å². The Morgan fingerprint density at radius 1 is 1.26 bits per heavy atom. The summed E-state index contributed by atoms with van der Waals surface area (Å²) in [5.41, 5.74) is -0.0210. The predicted molar refractivity (Wildman–Crippen MR) is 80.9 cm³/mol. The van der Waals surface area contributed by atoms with Gasteiger partial charge in [-0.2, -0.15) is 0 Å². The quantitative estimate of drug-likeness (QED) is 0.800. The molecule has 0 spiro atoms. The third-order valence-electron chi connectivity index (χ3n) is 2.82. The van der Waals surface area contributed by atoms with Crippen LogP contribution < -0.4 is 10.3 Å². The van der Waals surface area contributed by atoms with E-state index in [9.17, 15) is 18.4 Å². The largest absolute Gasteiger partial charge is 0.487 e. The Kier molecular flexibility index (Phi) is 5.49. The summed E-state index contributed by atoms with van der Waals surface area (Å²) in [5, 5.41) is 0. The van der Waals surface area contributed by atoms with Gasteiger partial charge in [0, 0.05) is 24.6 Å². The molecule has 0 saturated carbocycles. The second-order valence-corrected chi connectivity index (χ2v) is 5.40. The zero-order valence-electron chi connectivity index (χ0n) is 12.0. The van der Waals surface area contributed by atoms with Crippen molar-refractivity contribution in [3.05, 3.63) is 62.0 Å². The fraction of sp³-hybridized carbons (Fsp3) is 0.200. The zero-order valence-corrected chi connectivity index (χ0v) is 13.6. The minimum Gasteiger partial charge on any atom is -0.487 e. The highest BCUT2D eigenvalue weighted by molar-refractivity contribution is 9.10. The minimum absolute atomic E-state index is 0.117. The van der Waals surface area contributed by atoms with Gasteiger partial charge in [0.2, 0.25) is 0 Å². The van der Waals surface area contributed by atoms with Crippen molar-refractivity contribution in [3.8, 4) is 5.75 Å². The van der Waals surface area contributed by atoms with Crippen molar-refractivity contribution in [2.45, 2.75) is 20.1 Å². The first kappa shape index (κ1) is 17.1. The zero-order chi connectivity index (χ0) is 17.0. The van der Waals surface area contributed by atoms with Crippen LogP contribution in [0.15, 0.2) is 33.5 Å². The van der Waals surface area contributed by atoms with Crippen molar-refractivity contribution in [1.29, 1.82) is 0 Å². The van der Waals surface area contributed by atoms with Crippen molar-refractivity contribution in [2.24, 2.45) is 0 Å². The van der Waals surface area contributed by atoms with E-state index in [-0.39, 0.29) is 29.0 Å². The topological polar surface area (TPSA) is 68.4 Å². The van der Waals surface area contributed by atoms with E-state index in [2.05, 4.69) is 20.9 Å². The first-order valence-electron chi connectivity index (χ1n) is 6.48. The Bertz CT molecular complexity index is 792. The molecule has 0 atom stereocenters. The lowest BCUT2D eigenvalue weighted by Gasteiger charge is -2.10. The number of aromatic nitrogens is 1. The number of nitrogens with one attached hydrogen (secondary N) is 1. The third kappa shape index (κ3) is 4.62. The van der Waals surface area contributed by atoms with Crippen LogP contribution in [0.5, 0.6) is 5.75 Å². The average molecular weight is 388 g/mol. The van der Waals surface area contributed by atoms with Gasteiger partial charge in [-0.05, 0) is 28.1 Å². The molecular formula is C15H12BrF2NO4. The number of carbonyl (C=O) groups excluding carboxylic acids is 1. The van der Waals surface area contributed by atoms with E-state index in [4.69, 9.17) is 9.47 Å². The van der Waals surface area contributed by atoms with Gasteiger partial charge in [0.1, 0.15) is 35.1 Å². The molecule has 0 saturated heterocycles. The Hall–Kier alpha value is -2.22. The maximum Gasteiger partial charge on any atom is 0.303 e. The molecule has 0 radical (unpaired) electrons. The molecule has 0 fully saturated rings. The second kappa shape index (κ2) is 7.36. The highest BCUT2D eigenvalue weighted by Gasteiger charge is 2.11. The fourth-order valence-corrected chi connectivity index (χ4v) is 2.05. The first-order chi connectivity index (χ1) is 10.9. The van der Waals surface area contributed by atoms with E-state index >= 15 is 0 Å². The number of halogens is 3. The standard InChI is InChI=1S/C15H12BrF2NO4/c1-8(20)22-7-11-5-13(14(16)15(21)19-11)23-6-9-2-3-10(17)4-12(9)18/h2-5H,6-7H2,1H3,(H,19,21). The van der Waals surface area contributed by atoms with Crippen molar-refractivity contribution in [3.63, 3.8) is 0 Å². The summed E-state index contributed by atoms with van der Waals surface area (Å²) < 4.78 is 36.7. The number of aromatic amines is 1. The van der Waals surface area contributed by atoms with Crippen LogP contribution in [0.3, 0.4) is 0 Å². The van der Waals surface area contributed by atoms with E-state index in [1.54, 1.807) is 0 Å². The van der Waals surface area contributed by atoms with Crippen molar-refractivity contribution >= 4 is 21.9 Å². The number of hydrogen-bond acceptors (Lipinski definition) is 4. The molecule has 1 N–H and O–H groups in total. The van der Waals surface area contributed by atoms with Crippen molar-refractivity contribution in [2.75, 3.05) is 0 Å². The van der Waals surface area contributed by atoms with Gasteiger partial charge in [-0.3, -0.25) is 9.59 Å². The molecule has 1 aromatic carbocycles. The van der Waals surface area contributed by atoms with Crippen LogP contribution in [0.2, 0.25) is 0 Å². The number of H-pyrrole nitrogens is 1. The van der Waals surface area contributed by atoms with Crippen molar-refractivity contribution in [1.82, 2.24) is 4.98 Å². The molecule has 1 heterocycles. The highest BCUT2D eigenvalue weighted by atomic mass is 79.9. The van der Waals surface area contributed by atoms with E-state index in [1.165, 1.54) is 19.1 Å². The Morgan fingerprint density at radius 3 is 2.65 bits per heavy atom. The lowest BCUT2D eigenvalue weighted by Crippen LogP contribution is -2.13. The number of hydrogen-bond donors (Lipinski definition) is 1. The van der Waals surface area contributed by atoms with E-state index in [0.717, 1.165) is 12.1 Å². The minimum atomic E-state index is -0.744. The summed E-state index contributed by atoms with van der Waals surface area (Å²) >= 11 is 3.07. The number of pyridine rings is 1. The van der Waals surface area contributed by atoms with Gasteiger partial charge in [-0.1, -0.05) is 0 Å². The first-order valence-corrected chi connectivity index (χ1v) is 7.28. The molecule has 2 rings (SSSR count). The van der Waals surface area contributed by atoms with Crippen LogP contribution in [-0.4, -0.2) is 11.0 Å². The Balaban J connectivity index is 2.18. The molecule has 0 aliphatic heterocycles. The highest BCUT2D eigenvalue weighted by Crippen LogP contribution is 2.23. The van der Waals surface area contributed by atoms with Gasteiger partial charge in [0.05, 0.1) is 5.69 Å². The molecule has 0 unspecified atom stereocenters. The predicted octanol–water partition coefficient (Wildman–Crippen LogP) is 3.06. The van der Waals surface area contributed by atoms with E-state index < -0.39 is 23.2 Å². The van der Waals surface area contributed by atoms with Crippen LogP contribution in [0.4, 0.5) is 8.78 Å². The van der Waals surface area contributed by atoms with Gasteiger partial charge in [-0.25, -0.2) is 8.78 Å². The van der Waals surface area contributed by atoms with Gasteiger partial charge >= 0.3 is 5.97 Å². The van der Waals surface area contributed by atoms with Crippen LogP contribution in [0.25, 0.3) is 0 Å². The summed E-state index contributed by atoms with van der Waals surface area (Å²) in [6, 6.07) is 4.57. The summed E-state index contributed by atoms with van der Waals surface area (Å²) in [4.78, 5) is 25.1. The molecule has 23 heavy (non-hydrogen) atoms. The molecule has 8 heteroatoms. The van der Waals surface area contributed by atoms with E-state index in [0.29, 0.717) is 5.69 Å². The SMILES string of the molecule is CC(=O)OCc1cc(OCc2ccc(F)cc2F)c(Br)c(=O)[nH]1. The summed E-state index contributed by atoms with van der Waals surface area (Å²) in [5.74, 6) is -1.78.